The first-order chi connectivity index (χ1) is 20.0. The molecular weight excluding hydrogens is 564 g/mol. The topological polar surface area (TPSA) is 113 Å². The van der Waals surface area contributed by atoms with Crippen molar-refractivity contribution in [2.75, 3.05) is 25.6 Å². The van der Waals surface area contributed by atoms with Crippen LogP contribution in [0.4, 0.5) is 10.6 Å². The number of anilines is 1. The Balaban J connectivity index is 2.04. The average molecular weight is 607 g/mol. The van der Waals surface area contributed by atoms with Gasteiger partial charge in [0.15, 0.2) is 14.9 Å². The molecule has 1 N–H and O–H groups in total. The molecule has 1 heterocycles. The smallest absolute Gasteiger partial charge is 0.413 e. The second-order valence-electron chi connectivity index (χ2n) is 12.3. The lowest BCUT2D eigenvalue weighted by Crippen LogP contribution is -2.40. The van der Waals surface area contributed by atoms with Crippen molar-refractivity contribution in [3.05, 3.63) is 58.8 Å². The molecule has 0 radical (unpaired) electrons. The zero-order valence-corrected chi connectivity index (χ0v) is 27.6. The van der Waals surface area contributed by atoms with Crippen molar-refractivity contribution in [3.63, 3.8) is 0 Å². The second kappa shape index (κ2) is 15.4. The number of hydrogen-bond acceptors (Lipinski definition) is 8. The molecule has 2 aromatic rings. The molecule has 0 fully saturated rings. The fourth-order valence-electron chi connectivity index (χ4n) is 3.28. The molecule has 0 atom stereocenters. The molecule has 1 amide bonds. The van der Waals surface area contributed by atoms with Crippen LogP contribution in [0.5, 0.6) is 0 Å². The van der Waals surface area contributed by atoms with Gasteiger partial charge in [0.05, 0.1) is 26.6 Å². The Bertz CT molecular complexity index is 1430. The van der Waals surface area contributed by atoms with Crippen molar-refractivity contribution in [3.8, 4) is 23.7 Å². The molecule has 9 nitrogen and oxygen atoms in total. The number of ether oxygens (including phenoxy) is 3. The third-order valence-corrected chi connectivity index (χ3v) is 10.9. The summed E-state index contributed by atoms with van der Waals surface area (Å²) >= 11 is 0. The molecule has 0 bridgehead atoms. The minimum atomic E-state index is -1.92. The van der Waals surface area contributed by atoms with E-state index in [1.54, 1.807) is 39.0 Å². The zero-order valence-electron chi connectivity index (χ0n) is 26.6. The van der Waals surface area contributed by atoms with Crippen LogP contribution in [0.2, 0.25) is 18.1 Å². The first-order valence-electron chi connectivity index (χ1n) is 13.9. The molecular formula is C33H42N2O7Si. The van der Waals surface area contributed by atoms with Crippen LogP contribution < -0.4 is 5.32 Å². The summed E-state index contributed by atoms with van der Waals surface area (Å²) in [5.74, 6) is 11.4. The van der Waals surface area contributed by atoms with Gasteiger partial charge in [0, 0.05) is 17.3 Å². The van der Waals surface area contributed by atoms with Crippen LogP contribution in [-0.2, 0) is 41.1 Å². The van der Waals surface area contributed by atoms with Crippen LogP contribution in [0.1, 0.15) is 63.8 Å². The number of benzene rings is 1. The summed E-state index contributed by atoms with van der Waals surface area (Å²) in [4.78, 5) is 40.3. The number of pyridine rings is 1. The molecule has 1 aromatic carbocycles. The van der Waals surface area contributed by atoms with Gasteiger partial charge in [-0.2, -0.15) is 0 Å². The van der Waals surface area contributed by atoms with E-state index in [0.29, 0.717) is 28.9 Å². The van der Waals surface area contributed by atoms with E-state index in [2.05, 4.69) is 67.8 Å². The van der Waals surface area contributed by atoms with E-state index < -0.39 is 26.0 Å². The Labute approximate surface area is 256 Å². The average Bonchev–Trinajstić information content (AvgIpc) is 2.87. The second-order valence-corrected chi connectivity index (χ2v) is 17.1. The van der Waals surface area contributed by atoms with E-state index in [4.69, 9.17) is 18.6 Å². The Kier molecular flexibility index (Phi) is 12.5. The number of nitrogens with zero attached hydrogens (tertiary/aromatic N) is 1. The van der Waals surface area contributed by atoms with Gasteiger partial charge in [0.25, 0.3) is 0 Å². The molecule has 230 valence electrons. The van der Waals surface area contributed by atoms with Gasteiger partial charge in [0.1, 0.15) is 11.4 Å². The fraction of sp³-hybridized carbons (Fsp3) is 0.455. The number of esters is 2. The fourth-order valence-corrected chi connectivity index (χ4v) is 4.15. The molecule has 0 spiro atoms. The molecule has 0 aliphatic rings. The van der Waals surface area contributed by atoms with Gasteiger partial charge in [-0.1, -0.05) is 44.5 Å². The van der Waals surface area contributed by atoms with Gasteiger partial charge in [0.2, 0.25) is 0 Å². The number of amides is 1. The first-order valence-corrected chi connectivity index (χ1v) is 16.8. The molecule has 0 saturated carbocycles. The molecule has 10 heteroatoms. The largest absolute Gasteiger partial charge is 0.469 e. The van der Waals surface area contributed by atoms with Gasteiger partial charge < -0.3 is 18.6 Å². The molecule has 0 aliphatic heterocycles. The van der Waals surface area contributed by atoms with Crippen molar-refractivity contribution in [2.24, 2.45) is 0 Å². The quantitative estimate of drug-likeness (QED) is 0.177. The van der Waals surface area contributed by atoms with Crippen molar-refractivity contribution in [1.82, 2.24) is 4.98 Å². The summed E-state index contributed by atoms with van der Waals surface area (Å²) in [5.41, 5.74) is 1.98. The van der Waals surface area contributed by atoms with Crippen LogP contribution in [-0.4, -0.2) is 57.3 Å². The highest BCUT2D eigenvalue weighted by molar-refractivity contribution is 6.74. The highest BCUT2D eigenvalue weighted by Gasteiger charge is 2.36. The Morgan fingerprint density at radius 2 is 1.47 bits per heavy atom. The first kappa shape index (κ1) is 35.1. The number of methoxy groups -OCH3 is 1. The summed E-state index contributed by atoms with van der Waals surface area (Å²) in [7, 11) is -0.581. The molecule has 0 unspecified atom stereocenters. The van der Waals surface area contributed by atoms with Gasteiger partial charge in [-0.25, -0.2) is 9.78 Å². The van der Waals surface area contributed by atoms with Crippen LogP contribution in [0.25, 0.3) is 0 Å². The van der Waals surface area contributed by atoms with Crippen molar-refractivity contribution < 1.29 is 33.0 Å². The maximum atomic E-state index is 12.4. The Morgan fingerprint density at radius 1 is 0.860 bits per heavy atom. The van der Waals surface area contributed by atoms with Gasteiger partial charge >= 0.3 is 18.0 Å². The van der Waals surface area contributed by atoms with Crippen LogP contribution >= 0.6 is 0 Å². The molecule has 43 heavy (non-hydrogen) atoms. The van der Waals surface area contributed by atoms with Crippen LogP contribution in [0.15, 0.2) is 36.5 Å². The summed E-state index contributed by atoms with van der Waals surface area (Å²) in [5, 5.41) is 2.63. The Morgan fingerprint density at radius 3 is 2.05 bits per heavy atom. The maximum Gasteiger partial charge on any atom is 0.413 e. The Hall–Kier alpha value is -4.12. The minimum absolute atomic E-state index is 0.0293. The van der Waals surface area contributed by atoms with Crippen LogP contribution in [0.3, 0.4) is 0 Å². The van der Waals surface area contributed by atoms with E-state index in [1.165, 1.54) is 13.3 Å². The van der Waals surface area contributed by atoms with E-state index >= 15 is 0 Å². The highest BCUT2D eigenvalue weighted by atomic mass is 28.4. The predicted molar refractivity (Wildman–Crippen MR) is 168 cm³/mol. The highest BCUT2D eigenvalue weighted by Crippen LogP contribution is 2.36. The third kappa shape index (κ3) is 13.2. The summed E-state index contributed by atoms with van der Waals surface area (Å²) in [6.07, 6.45) is 0.890. The van der Waals surface area contributed by atoms with Crippen LogP contribution in [0, 0.1) is 23.7 Å². The van der Waals surface area contributed by atoms with E-state index in [9.17, 15) is 14.4 Å². The number of nitrogens with one attached hydrogen (secondary N) is 1. The zero-order chi connectivity index (χ0) is 32.3. The molecule has 0 saturated heterocycles. The van der Waals surface area contributed by atoms with Crippen molar-refractivity contribution in [2.45, 2.75) is 78.1 Å². The van der Waals surface area contributed by atoms with Crippen molar-refractivity contribution >= 4 is 32.2 Å². The normalized spacial score (nSPS) is 11.3. The van der Waals surface area contributed by atoms with E-state index in [-0.39, 0.29) is 36.3 Å². The predicted octanol–water partition coefficient (Wildman–Crippen LogP) is 5.65. The van der Waals surface area contributed by atoms with Gasteiger partial charge in [-0.3, -0.25) is 14.9 Å². The number of hydrogen-bond donors (Lipinski definition) is 1. The summed E-state index contributed by atoms with van der Waals surface area (Å²) in [6.45, 7) is 16.3. The van der Waals surface area contributed by atoms with E-state index in [0.717, 1.165) is 0 Å². The number of carbonyl (C=O) groups is 3. The molecule has 1 aromatic heterocycles. The monoisotopic (exact) mass is 606 g/mol. The standard InChI is InChI=1S/C33H42N2O7Si/c1-32(2,3)42-31(38)35-28-21-26(14-15-34-28)22-30(37)40-16-10-12-24-18-25(20-27(19-24)23-29(36)39-7)13-11-17-41-43(8,9)33(4,5)6/h14-15,18-21H,16-17,22-23H2,1-9H3,(H,34,35,38). The number of carbonyl (C=O) groups excluding carboxylic acids is 3. The number of aromatic nitrogens is 1. The lowest BCUT2D eigenvalue weighted by atomic mass is 10.0. The molecule has 2 rings (SSSR count). The third-order valence-electron chi connectivity index (χ3n) is 6.45. The lowest BCUT2D eigenvalue weighted by molar-refractivity contribution is -0.141. The van der Waals surface area contributed by atoms with Crippen molar-refractivity contribution in [1.29, 1.82) is 0 Å². The SMILES string of the molecule is COC(=O)Cc1cc(C#CCOC(=O)Cc2ccnc(NC(=O)OC(C)(C)C)c2)cc(C#CCO[Si](C)(C)C(C)(C)C)c1. The summed E-state index contributed by atoms with van der Waals surface area (Å²) < 4.78 is 21.4. The number of rotatable bonds is 8. The van der Waals surface area contributed by atoms with Gasteiger partial charge in [-0.15, -0.1) is 0 Å². The van der Waals surface area contributed by atoms with E-state index in [1.807, 2.05) is 12.1 Å². The maximum absolute atomic E-state index is 12.4. The summed E-state index contributed by atoms with van der Waals surface area (Å²) in [6, 6.07) is 8.63. The lowest BCUT2D eigenvalue weighted by Gasteiger charge is -2.35. The molecule has 0 aliphatic carbocycles. The minimum Gasteiger partial charge on any atom is -0.469 e. The van der Waals surface area contributed by atoms with Gasteiger partial charge in [-0.05, 0) is 80.4 Å².